The molecule has 1 aromatic rings. The number of nitrogens with one attached hydrogen (secondary N) is 2. The number of nitrogens with zero attached hydrogens (tertiary/aromatic N) is 1. The minimum absolute atomic E-state index is 0.0516. The molecule has 1 aliphatic rings. The number of hydrogen-bond acceptors (Lipinski definition) is 6. The van der Waals surface area contributed by atoms with Crippen molar-refractivity contribution < 1.29 is 24.2 Å². The van der Waals surface area contributed by atoms with Gasteiger partial charge in [-0.05, 0) is 70.2 Å². The molecule has 39 heavy (non-hydrogen) atoms. The predicted molar refractivity (Wildman–Crippen MR) is 158 cm³/mol. The lowest BCUT2D eigenvalue weighted by atomic mass is 9.94. The minimum atomic E-state index is -0.970. The lowest BCUT2D eigenvalue weighted by molar-refractivity contribution is -0.142. The molecule has 0 saturated heterocycles. The number of hydrogen-bond donors (Lipinski definition) is 4. The fourth-order valence-corrected chi connectivity index (χ4v) is 5.18. The third kappa shape index (κ3) is 10.9. The Hall–Kier alpha value is -2.42. The number of rotatable bonds is 13. The largest absolute Gasteiger partial charge is 0.508 e. The van der Waals surface area contributed by atoms with E-state index in [4.69, 9.17) is 4.74 Å². The van der Waals surface area contributed by atoms with E-state index < -0.39 is 23.8 Å². The second-order valence-corrected chi connectivity index (χ2v) is 12.0. The van der Waals surface area contributed by atoms with Gasteiger partial charge in [0.2, 0.25) is 11.8 Å². The van der Waals surface area contributed by atoms with Crippen LogP contribution in [-0.2, 0) is 14.3 Å². The van der Waals surface area contributed by atoms with Gasteiger partial charge in [-0.2, -0.15) is 12.6 Å². The van der Waals surface area contributed by atoms with Gasteiger partial charge in [0.25, 0.3) is 0 Å². The number of ether oxygens (including phenoxy) is 1. The Morgan fingerprint density at radius 2 is 1.77 bits per heavy atom. The summed E-state index contributed by atoms with van der Waals surface area (Å²) < 4.78 is 5.39. The highest BCUT2D eigenvalue weighted by Crippen LogP contribution is 2.29. The van der Waals surface area contributed by atoms with E-state index >= 15 is 0 Å². The molecule has 0 heterocycles. The normalized spacial score (nSPS) is 15.7. The van der Waals surface area contributed by atoms with E-state index in [0.29, 0.717) is 17.7 Å². The van der Waals surface area contributed by atoms with Gasteiger partial charge in [0, 0.05) is 18.3 Å². The lowest BCUT2D eigenvalue weighted by Crippen LogP contribution is -2.54. The van der Waals surface area contributed by atoms with E-state index in [1.807, 2.05) is 0 Å². The third-order valence-corrected chi connectivity index (χ3v) is 7.37. The number of amides is 3. The Balaban J connectivity index is 2.42. The molecular weight excluding hydrogens is 514 g/mol. The van der Waals surface area contributed by atoms with E-state index in [-0.39, 0.29) is 29.4 Å². The van der Waals surface area contributed by atoms with Crippen molar-refractivity contribution in [2.24, 2.45) is 0 Å². The lowest BCUT2D eigenvalue weighted by Gasteiger charge is -2.35. The average Bonchev–Trinajstić information content (AvgIpc) is 2.87. The number of carbonyl (C=O) groups excluding carboxylic acids is 3. The zero-order valence-electron chi connectivity index (χ0n) is 24.4. The van der Waals surface area contributed by atoms with Crippen molar-refractivity contribution in [2.45, 2.75) is 123 Å². The maximum absolute atomic E-state index is 14.0. The average molecular weight is 564 g/mol. The first-order valence-electron chi connectivity index (χ1n) is 14.5. The molecule has 2 rings (SSSR count). The molecule has 3 N–H and O–H groups in total. The number of benzene rings is 1. The van der Waals surface area contributed by atoms with E-state index in [9.17, 15) is 19.5 Å². The fraction of sp³-hybridized carbons (Fsp3) is 0.700. The Labute approximate surface area is 240 Å². The maximum Gasteiger partial charge on any atom is 0.408 e. The number of aromatic hydroxyl groups is 1. The standard InChI is InChI=1S/C30H49N3O5S/c1-6-7-8-9-13-18-33(28(36)24(20-39)32-29(37)38-30(3,4)5)26(22-16-17-25(34)21(2)19-22)27(35)31-23-14-11-10-12-15-23/h16-17,19,23-24,26,34,39H,6-15,18,20H2,1-5H3,(H,31,35)(H,32,37). The smallest absolute Gasteiger partial charge is 0.408 e. The molecule has 0 aromatic heterocycles. The molecule has 2 unspecified atom stereocenters. The molecule has 3 amide bonds. The summed E-state index contributed by atoms with van der Waals surface area (Å²) in [7, 11) is 0. The van der Waals surface area contributed by atoms with Crippen LogP contribution < -0.4 is 10.6 Å². The Morgan fingerprint density at radius 1 is 1.10 bits per heavy atom. The molecule has 8 nitrogen and oxygen atoms in total. The van der Waals surface area contributed by atoms with Crippen LogP contribution in [-0.4, -0.2) is 57.9 Å². The van der Waals surface area contributed by atoms with Gasteiger partial charge < -0.3 is 25.4 Å². The molecule has 1 saturated carbocycles. The summed E-state index contributed by atoms with van der Waals surface area (Å²) in [6, 6.07) is 3.20. The topological polar surface area (TPSA) is 108 Å². The van der Waals surface area contributed by atoms with Crippen LogP contribution in [0.15, 0.2) is 18.2 Å². The van der Waals surface area contributed by atoms with Crippen LogP contribution in [0.5, 0.6) is 5.75 Å². The number of carbonyl (C=O) groups is 3. The number of thiol groups is 1. The van der Waals surface area contributed by atoms with E-state index in [1.54, 1.807) is 50.8 Å². The van der Waals surface area contributed by atoms with Crippen LogP contribution in [0.25, 0.3) is 0 Å². The minimum Gasteiger partial charge on any atom is -0.508 e. The highest BCUT2D eigenvalue weighted by Gasteiger charge is 2.36. The Kier molecular flexibility index (Phi) is 13.4. The Morgan fingerprint density at radius 3 is 2.36 bits per heavy atom. The molecule has 220 valence electrons. The molecule has 1 fully saturated rings. The zero-order chi connectivity index (χ0) is 29.0. The highest BCUT2D eigenvalue weighted by atomic mass is 32.1. The molecule has 1 aromatic carbocycles. The van der Waals surface area contributed by atoms with Crippen molar-refractivity contribution in [3.05, 3.63) is 29.3 Å². The number of phenols is 1. The van der Waals surface area contributed by atoms with E-state index in [1.165, 1.54) is 0 Å². The van der Waals surface area contributed by atoms with E-state index in [0.717, 1.165) is 64.2 Å². The quantitative estimate of drug-likeness (QED) is 0.179. The summed E-state index contributed by atoms with van der Waals surface area (Å²) in [6.45, 7) is 9.54. The van der Waals surface area contributed by atoms with Crippen molar-refractivity contribution in [1.82, 2.24) is 15.5 Å². The van der Waals surface area contributed by atoms with Gasteiger partial charge in [-0.25, -0.2) is 4.79 Å². The van der Waals surface area contributed by atoms with Gasteiger partial charge in [-0.3, -0.25) is 9.59 Å². The van der Waals surface area contributed by atoms with Crippen molar-refractivity contribution in [3.63, 3.8) is 0 Å². The van der Waals surface area contributed by atoms with Gasteiger partial charge >= 0.3 is 6.09 Å². The maximum atomic E-state index is 14.0. The molecule has 9 heteroatoms. The van der Waals surface area contributed by atoms with Crippen LogP contribution in [0.4, 0.5) is 4.79 Å². The van der Waals surface area contributed by atoms with Crippen molar-refractivity contribution in [1.29, 1.82) is 0 Å². The number of unbranched alkanes of at least 4 members (excludes halogenated alkanes) is 4. The molecule has 0 aliphatic heterocycles. The molecule has 0 radical (unpaired) electrons. The van der Waals surface area contributed by atoms with Crippen LogP contribution in [0, 0.1) is 6.92 Å². The summed E-state index contributed by atoms with van der Waals surface area (Å²) in [4.78, 5) is 42.1. The van der Waals surface area contributed by atoms with Gasteiger partial charge in [0.1, 0.15) is 23.4 Å². The van der Waals surface area contributed by atoms with Crippen molar-refractivity contribution >= 4 is 30.5 Å². The van der Waals surface area contributed by atoms with Crippen LogP contribution >= 0.6 is 12.6 Å². The molecule has 1 aliphatic carbocycles. The van der Waals surface area contributed by atoms with E-state index in [2.05, 4.69) is 30.2 Å². The van der Waals surface area contributed by atoms with Crippen molar-refractivity contribution in [2.75, 3.05) is 12.3 Å². The zero-order valence-corrected chi connectivity index (χ0v) is 25.3. The second kappa shape index (κ2) is 16.0. The first-order chi connectivity index (χ1) is 18.5. The molecule has 0 bridgehead atoms. The highest BCUT2D eigenvalue weighted by molar-refractivity contribution is 7.80. The number of phenolic OH excluding ortho intramolecular Hbond substituents is 1. The van der Waals surface area contributed by atoms with Crippen LogP contribution in [0.3, 0.4) is 0 Å². The summed E-state index contributed by atoms with van der Waals surface area (Å²) in [5.74, 6) is -0.455. The van der Waals surface area contributed by atoms with Crippen LogP contribution in [0.2, 0.25) is 0 Å². The van der Waals surface area contributed by atoms with Crippen LogP contribution in [0.1, 0.15) is 109 Å². The molecule has 0 spiro atoms. The van der Waals surface area contributed by atoms with Gasteiger partial charge in [0.15, 0.2) is 0 Å². The van der Waals surface area contributed by atoms with Crippen molar-refractivity contribution in [3.8, 4) is 5.75 Å². The molecule has 2 atom stereocenters. The van der Waals surface area contributed by atoms with Gasteiger partial charge in [0.05, 0.1) is 0 Å². The number of aryl methyl sites for hydroxylation is 1. The molecular formula is C30H49N3O5S. The number of alkyl carbamates (subject to hydrolysis) is 1. The summed E-state index contributed by atoms with van der Waals surface area (Å²) in [5.41, 5.74) is 0.519. The monoisotopic (exact) mass is 563 g/mol. The predicted octanol–water partition coefficient (Wildman–Crippen LogP) is 5.81. The second-order valence-electron chi connectivity index (χ2n) is 11.6. The first-order valence-corrected chi connectivity index (χ1v) is 15.1. The Bertz CT molecular complexity index is 943. The third-order valence-electron chi connectivity index (χ3n) is 7.01. The SMILES string of the molecule is CCCCCCCN(C(=O)C(CS)NC(=O)OC(C)(C)C)C(C(=O)NC1CCCCC1)c1ccc(O)c(C)c1. The first kappa shape index (κ1) is 32.8. The summed E-state index contributed by atoms with van der Waals surface area (Å²) >= 11 is 4.36. The van der Waals surface area contributed by atoms with Gasteiger partial charge in [-0.15, -0.1) is 0 Å². The van der Waals surface area contributed by atoms with Gasteiger partial charge in [-0.1, -0.05) is 57.9 Å². The fourth-order valence-electron chi connectivity index (χ4n) is 4.94. The summed E-state index contributed by atoms with van der Waals surface area (Å²) in [6.07, 6.45) is 9.31. The summed E-state index contributed by atoms with van der Waals surface area (Å²) in [5, 5.41) is 16.0.